The first-order valence-electron chi connectivity index (χ1n) is 7.23. The van der Waals surface area contributed by atoms with Crippen LogP contribution in [0.4, 0.5) is 0 Å². The lowest BCUT2D eigenvalue weighted by molar-refractivity contribution is 0.0393. The third-order valence-electron chi connectivity index (χ3n) is 4.13. The molecule has 2 fully saturated rings. The van der Waals surface area contributed by atoms with Gasteiger partial charge in [-0.05, 0) is 24.1 Å². The van der Waals surface area contributed by atoms with E-state index in [2.05, 4.69) is 4.98 Å². The van der Waals surface area contributed by atoms with Crippen LogP contribution in [0.1, 0.15) is 12.0 Å². The lowest BCUT2D eigenvalue weighted by Gasteiger charge is -2.46. The Bertz CT molecular complexity index is 615. The van der Waals surface area contributed by atoms with Crippen LogP contribution in [0.5, 0.6) is 0 Å². The molecule has 1 spiro atoms. The summed E-state index contributed by atoms with van der Waals surface area (Å²) in [6.07, 6.45) is 4.64. The highest BCUT2D eigenvalue weighted by Gasteiger charge is 2.53. The minimum atomic E-state index is -3.27. The van der Waals surface area contributed by atoms with E-state index in [0.29, 0.717) is 19.7 Å². The van der Waals surface area contributed by atoms with E-state index in [1.54, 1.807) is 30.8 Å². The van der Waals surface area contributed by atoms with Gasteiger partial charge in [0.1, 0.15) is 0 Å². The summed E-state index contributed by atoms with van der Waals surface area (Å²) in [5, 5.41) is 0. The average molecular weight is 343 g/mol. The molecule has 0 amide bonds. The van der Waals surface area contributed by atoms with Gasteiger partial charge in [0.05, 0.1) is 12.7 Å². The van der Waals surface area contributed by atoms with Crippen LogP contribution in [0.2, 0.25) is 0 Å². The summed E-state index contributed by atoms with van der Waals surface area (Å²) >= 11 is 1.84. The Kier molecular flexibility index (Phi) is 4.48. The zero-order chi connectivity index (χ0) is 15.8. The molecule has 22 heavy (non-hydrogen) atoms. The zero-order valence-corrected chi connectivity index (χ0v) is 14.4. The number of aromatic nitrogens is 1. The predicted octanol–water partition coefficient (Wildman–Crippen LogP) is 0.965. The molecule has 2 saturated heterocycles. The lowest BCUT2D eigenvalue weighted by atomic mass is 9.95. The first kappa shape index (κ1) is 16.2. The summed E-state index contributed by atoms with van der Waals surface area (Å²) < 4.78 is 32.9. The Morgan fingerprint density at radius 3 is 2.73 bits per heavy atom. The third-order valence-corrected chi connectivity index (χ3v) is 7.54. The largest absolute Gasteiger partial charge is 0.373 e. The molecule has 0 bridgehead atoms. The molecule has 0 N–H and O–H groups in total. The lowest BCUT2D eigenvalue weighted by Crippen LogP contribution is -2.62. The van der Waals surface area contributed by atoms with E-state index in [1.807, 2.05) is 23.9 Å². The van der Waals surface area contributed by atoms with Gasteiger partial charge in [-0.25, -0.2) is 0 Å². The standard InChI is InChI=1S/C14H21N3O3S2/c1-16(2)22(18,19)17-10-14(11-17)7-13(9-21-14)20-8-12-3-5-15-6-4-12/h3-6,13H,7-11H2,1-2H3/t13-/m1/s1. The SMILES string of the molecule is CN(C)S(=O)(=O)N1CC2(C[C@@H](OCc3ccncc3)CS2)C1. The van der Waals surface area contributed by atoms with Gasteiger partial charge in [-0.15, -0.1) is 11.8 Å². The van der Waals surface area contributed by atoms with Crippen molar-refractivity contribution in [1.82, 2.24) is 13.6 Å². The van der Waals surface area contributed by atoms with Crippen molar-refractivity contribution in [3.63, 3.8) is 0 Å². The molecule has 2 aliphatic heterocycles. The van der Waals surface area contributed by atoms with Gasteiger partial charge < -0.3 is 4.74 Å². The average Bonchev–Trinajstić information content (AvgIpc) is 2.89. The van der Waals surface area contributed by atoms with Crippen molar-refractivity contribution in [2.24, 2.45) is 0 Å². The van der Waals surface area contributed by atoms with Crippen molar-refractivity contribution in [2.45, 2.75) is 23.9 Å². The minimum Gasteiger partial charge on any atom is -0.373 e. The van der Waals surface area contributed by atoms with Crippen molar-refractivity contribution in [3.05, 3.63) is 30.1 Å². The van der Waals surface area contributed by atoms with Gasteiger partial charge in [0.15, 0.2) is 0 Å². The van der Waals surface area contributed by atoms with Crippen LogP contribution in [0.25, 0.3) is 0 Å². The molecule has 0 saturated carbocycles. The van der Waals surface area contributed by atoms with Crippen LogP contribution in [-0.4, -0.2) is 65.8 Å². The summed E-state index contributed by atoms with van der Waals surface area (Å²) in [6, 6.07) is 3.90. The molecule has 0 aromatic carbocycles. The van der Waals surface area contributed by atoms with Crippen LogP contribution in [0, 0.1) is 0 Å². The number of thioether (sulfide) groups is 1. The topological polar surface area (TPSA) is 62.7 Å². The number of hydrogen-bond acceptors (Lipinski definition) is 5. The number of rotatable bonds is 5. The number of ether oxygens (including phenoxy) is 1. The number of nitrogens with zero attached hydrogens (tertiary/aromatic N) is 3. The Balaban J connectivity index is 1.50. The van der Waals surface area contributed by atoms with Crippen molar-refractivity contribution in [2.75, 3.05) is 32.9 Å². The molecule has 1 aromatic heterocycles. The van der Waals surface area contributed by atoms with Gasteiger partial charge in [0.25, 0.3) is 10.2 Å². The molecule has 122 valence electrons. The van der Waals surface area contributed by atoms with E-state index in [9.17, 15) is 8.42 Å². The highest BCUT2D eigenvalue weighted by atomic mass is 32.2. The molecule has 8 heteroatoms. The monoisotopic (exact) mass is 343 g/mol. The van der Waals surface area contributed by atoms with E-state index >= 15 is 0 Å². The van der Waals surface area contributed by atoms with Crippen molar-refractivity contribution in [1.29, 1.82) is 0 Å². The molecule has 0 unspecified atom stereocenters. The summed E-state index contributed by atoms with van der Waals surface area (Å²) in [5.74, 6) is 0.931. The third kappa shape index (κ3) is 3.16. The molecular formula is C14H21N3O3S2. The smallest absolute Gasteiger partial charge is 0.281 e. The summed E-state index contributed by atoms with van der Waals surface area (Å²) in [4.78, 5) is 3.99. The second-order valence-corrected chi connectivity index (χ2v) is 9.68. The fourth-order valence-corrected chi connectivity index (χ4v) is 5.81. The van der Waals surface area contributed by atoms with Crippen LogP contribution in [0.3, 0.4) is 0 Å². The zero-order valence-electron chi connectivity index (χ0n) is 12.8. The Morgan fingerprint density at radius 2 is 2.09 bits per heavy atom. The van der Waals surface area contributed by atoms with E-state index in [0.717, 1.165) is 17.7 Å². The van der Waals surface area contributed by atoms with Crippen LogP contribution in [0.15, 0.2) is 24.5 Å². The first-order valence-corrected chi connectivity index (χ1v) is 9.62. The number of hydrogen-bond donors (Lipinski definition) is 0. The van der Waals surface area contributed by atoms with Crippen molar-refractivity contribution < 1.29 is 13.2 Å². The van der Waals surface area contributed by atoms with Gasteiger partial charge in [-0.1, -0.05) is 0 Å². The molecule has 3 rings (SSSR count). The Labute approximate surface area is 136 Å². The second kappa shape index (κ2) is 6.09. The van der Waals surface area contributed by atoms with Crippen molar-refractivity contribution >= 4 is 22.0 Å². The molecule has 1 aromatic rings. The molecule has 3 heterocycles. The minimum absolute atomic E-state index is 0.0476. The molecule has 1 atom stereocenters. The van der Waals surface area contributed by atoms with Gasteiger partial charge in [0, 0.05) is 50.1 Å². The van der Waals surface area contributed by atoms with Crippen LogP contribution >= 0.6 is 11.8 Å². The summed E-state index contributed by atoms with van der Waals surface area (Å²) in [7, 11) is -0.126. The van der Waals surface area contributed by atoms with E-state index in [1.165, 1.54) is 4.31 Å². The molecule has 0 aliphatic carbocycles. The normalized spacial score (nSPS) is 24.8. The summed E-state index contributed by atoms with van der Waals surface area (Å²) in [6.45, 7) is 1.77. The van der Waals surface area contributed by atoms with Gasteiger partial charge in [-0.3, -0.25) is 4.98 Å². The predicted molar refractivity (Wildman–Crippen MR) is 86.8 cm³/mol. The van der Waals surface area contributed by atoms with E-state index < -0.39 is 10.2 Å². The van der Waals surface area contributed by atoms with Crippen LogP contribution in [-0.2, 0) is 21.6 Å². The second-order valence-electron chi connectivity index (χ2n) is 6.04. The number of pyridine rings is 1. The fourth-order valence-electron chi connectivity index (χ4n) is 2.81. The first-order chi connectivity index (χ1) is 10.4. The highest BCUT2D eigenvalue weighted by molar-refractivity contribution is 8.01. The van der Waals surface area contributed by atoms with Gasteiger partial charge >= 0.3 is 0 Å². The van der Waals surface area contributed by atoms with E-state index in [4.69, 9.17) is 4.74 Å². The maximum absolute atomic E-state index is 12.1. The molecular weight excluding hydrogens is 322 g/mol. The Morgan fingerprint density at radius 1 is 1.41 bits per heavy atom. The van der Waals surface area contributed by atoms with Crippen LogP contribution < -0.4 is 0 Å². The summed E-state index contributed by atoms with van der Waals surface area (Å²) in [5.41, 5.74) is 1.12. The van der Waals surface area contributed by atoms with Gasteiger partial charge in [0.2, 0.25) is 0 Å². The van der Waals surface area contributed by atoms with Crippen molar-refractivity contribution in [3.8, 4) is 0 Å². The molecule has 2 aliphatic rings. The maximum Gasteiger partial charge on any atom is 0.281 e. The van der Waals surface area contributed by atoms with Gasteiger partial charge in [-0.2, -0.15) is 17.0 Å². The fraction of sp³-hybridized carbons (Fsp3) is 0.643. The van der Waals surface area contributed by atoms with E-state index in [-0.39, 0.29) is 10.9 Å². The molecule has 0 radical (unpaired) electrons. The quantitative estimate of drug-likeness (QED) is 0.797. The maximum atomic E-state index is 12.1. The highest BCUT2D eigenvalue weighted by Crippen LogP contribution is 2.47. The Hall–Kier alpha value is -0.670. The molecule has 6 nitrogen and oxygen atoms in total.